The molecule has 0 atom stereocenters. The van der Waals surface area contributed by atoms with Crippen molar-refractivity contribution in [3.63, 3.8) is 0 Å². The Morgan fingerprint density at radius 1 is 1.31 bits per heavy atom. The fraction of sp³-hybridized carbons (Fsp3) is 0.917. The maximum Gasteiger partial charge on any atom is 0.188 e. The summed E-state index contributed by atoms with van der Waals surface area (Å²) in [6.45, 7) is 0.919. The van der Waals surface area contributed by atoms with E-state index in [4.69, 9.17) is 5.73 Å². The maximum absolute atomic E-state index is 9.52. The molecular formula is C12H23N3O. The van der Waals surface area contributed by atoms with Gasteiger partial charge in [0.25, 0.3) is 0 Å². The number of nitrogens with zero attached hydrogens (tertiary/aromatic N) is 1. The Kier molecular flexibility index (Phi) is 3.69. The van der Waals surface area contributed by atoms with Crippen LogP contribution in [-0.2, 0) is 0 Å². The summed E-state index contributed by atoms with van der Waals surface area (Å²) in [5, 5.41) is 12.7. The predicted molar refractivity (Wildman–Crippen MR) is 65.3 cm³/mol. The maximum atomic E-state index is 9.52. The van der Waals surface area contributed by atoms with Gasteiger partial charge in [0.15, 0.2) is 5.96 Å². The van der Waals surface area contributed by atoms with Crippen molar-refractivity contribution in [3.8, 4) is 0 Å². The second-order valence-electron chi connectivity index (χ2n) is 5.34. The molecule has 0 aliphatic heterocycles. The van der Waals surface area contributed by atoms with Gasteiger partial charge >= 0.3 is 0 Å². The smallest absolute Gasteiger partial charge is 0.188 e. The van der Waals surface area contributed by atoms with Crippen LogP contribution in [0.25, 0.3) is 0 Å². The van der Waals surface area contributed by atoms with Crippen LogP contribution in [0.2, 0.25) is 0 Å². The van der Waals surface area contributed by atoms with Crippen LogP contribution in [0.1, 0.15) is 44.9 Å². The zero-order chi connectivity index (χ0) is 11.4. The molecule has 0 heterocycles. The molecular weight excluding hydrogens is 202 g/mol. The lowest BCUT2D eigenvalue weighted by molar-refractivity contribution is 0.0907. The van der Waals surface area contributed by atoms with Gasteiger partial charge in [-0.1, -0.05) is 19.3 Å². The van der Waals surface area contributed by atoms with E-state index < -0.39 is 0 Å². The number of nitrogens with one attached hydrogen (secondary N) is 1. The van der Waals surface area contributed by atoms with Crippen molar-refractivity contribution >= 4 is 5.96 Å². The number of aliphatic hydroxyl groups is 1. The Bertz CT molecular complexity index is 255. The van der Waals surface area contributed by atoms with Gasteiger partial charge in [0.2, 0.25) is 0 Å². The summed E-state index contributed by atoms with van der Waals surface area (Å²) in [5.41, 5.74) is 5.81. The molecule has 0 aromatic heterocycles. The van der Waals surface area contributed by atoms with Gasteiger partial charge in [-0.3, -0.25) is 4.99 Å². The van der Waals surface area contributed by atoms with Crippen molar-refractivity contribution < 1.29 is 5.11 Å². The molecule has 2 fully saturated rings. The third kappa shape index (κ3) is 3.11. The van der Waals surface area contributed by atoms with Gasteiger partial charge in [-0.2, -0.15) is 0 Å². The Morgan fingerprint density at radius 3 is 2.56 bits per heavy atom. The zero-order valence-electron chi connectivity index (χ0n) is 9.91. The molecule has 2 rings (SSSR count). The second-order valence-corrected chi connectivity index (χ2v) is 5.34. The first kappa shape index (κ1) is 11.7. The van der Waals surface area contributed by atoms with Gasteiger partial charge in [0, 0.05) is 11.5 Å². The molecule has 2 saturated carbocycles. The lowest BCUT2D eigenvalue weighted by Crippen LogP contribution is -2.37. The van der Waals surface area contributed by atoms with Gasteiger partial charge in [-0.05, 0) is 25.7 Å². The van der Waals surface area contributed by atoms with Crippen LogP contribution in [0.15, 0.2) is 4.99 Å². The monoisotopic (exact) mass is 225 g/mol. The van der Waals surface area contributed by atoms with Crippen LogP contribution in [-0.4, -0.2) is 30.3 Å². The minimum absolute atomic E-state index is 0.00804. The van der Waals surface area contributed by atoms with E-state index in [1.807, 2.05) is 0 Å². The summed E-state index contributed by atoms with van der Waals surface area (Å²) in [5.74, 6) is 0.556. The average Bonchev–Trinajstić information content (AvgIpc) is 3.12. The molecule has 4 nitrogen and oxygen atoms in total. The van der Waals surface area contributed by atoms with Crippen molar-refractivity contribution in [2.75, 3.05) is 13.2 Å². The molecule has 0 saturated heterocycles. The Morgan fingerprint density at radius 2 is 2.00 bits per heavy atom. The SMILES string of the molecule is NC(=NCC1(CO)CCCCC1)NC1CC1. The predicted octanol–water partition coefficient (Wildman–Crippen LogP) is 0.996. The summed E-state index contributed by atoms with van der Waals surface area (Å²) >= 11 is 0. The summed E-state index contributed by atoms with van der Waals surface area (Å²) in [4.78, 5) is 4.39. The van der Waals surface area contributed by atoms with Crippen molar-refractivity contribution in [3.05, 3.63) is 0 Å². The van der Waals surface area contributed by atoms with Gasteiger partial charge in [-0.25, -0.2) is 0 Å². The average molecular weight is 225 g/mol. The fourth-order valence-corrected chi connectivity index (χ4v) is 2.40. The molecule has 0 aromatic rings. The van der Waals surface area contributed by atoms with Crippen molar-refractivity contribution in [1.82, 2.24) is 5.32 Å². The molecule has 0 aromatic carbocycles. The molecule has 0 amide bonds. The summed E-state index contributed by atoms with van der Waals surface area (Å²) < 4.78 is 0. The van der Waals surface area contributed by atoms with Gasteiger partial charge in [-0.15, -0.1) is 0 Å². The summed E-state index contributed by atoms with van der Waals surface area (Å²) in [7, 11) is 0. The molecule has 2 aliphatic carbocycles. The van der Waals surface area contributed by atoms with Crippen LogP contribution < -0.4 is 11.1 Å². The number of hydrogen-bond donors (Lipinski definition) is 3. The normalized spacial score (nSPS) is 25.4. The zero-order valence-corrected chi connectivity index (χ0v) is 9.91. The highest BCUT2D eigenvalue weighted by molar-refractivity contribution is 5.78. The van der Waals surface area contributed by atoms with E-state index in [9.17, 15) is 5.11 Å². The van der Waals surface area contributed by atoms with Crippen molar-refractivity contribution in [2.24, 2.45) is 16.1 Å². The fourth-order valence-electron chi connectivity index (χ4n) is 2.40. The summed E-state index contributed by atoms with van der Waals surface area (Å²) in [6.07, 6.45) is 8.31. The third-order valence-electron chi connectivity index (χ3n) is 3.76. The number of aliphatic imine (C=N–C) groups is 1. The molecule has 0 bridgehead atoms. The number of nitrogens with two attached hydrogens (primary N) is 1. The highest BCUT2D eigenvalue weighted by Crippen LogP contribution is 2.36. The van der Waals surface area contributed by atoms with E-state index in [1.165, 1.54) is 32.1 Å². The number of aliphatic hydroxyl groups excluding tert-OH is 1. The second kappa shape index (κ2) is 5.04. The number of hydrogen-bond acceptors (Lipinski definition) is 2. The van der Waals surface area contributed by atoms with E-state index in [1.54, 1.807) is 0 Å². The molecule has 0 radical (unpaired) electrons. The molecule has 0 unspecified atom stereocenters. The molecule has 92 valence electrons. The Hall–Kier alpha value is -0.770. The molecule has 16 heavy (non-hydrogen) atoms. The number of guanidine groups is 1. The quantitative estimate of drug-likeness (QED) is 0.494. The first-order valence-corrected chi connectivity index (χ1v) is 6.41. The van der Waals surface area contributed by atoms with E-state index >= 15 is 0 Å². The first-order chi connectivity index (χ1) is 7.74. The van der Waals surface area contributed by atoms with E-state index in [0.29, 0.717) is 18.5 Å². The van der Waals surface area contributed by atoms with Gasteiger partial charge in [0.05, 0.1) is 13.2 Å². The highest BCUT2D eigenvalue weighted by atomic mass is 16.3. The van der Waals surface area contributed by atoms with Crippen molar-refractivity contribution in [2.45, 2.75) is 51.0 Å². The molecule has 0 spiro atoms. The van der Waals surface area contributed by atoms with E-state index in [2.05, 4.69) is 10.3 Å². The lowest BCUT2D eigenvalue weighted by atomic mass is 9.75. The van der Waals surface area contributed by atoms with Crippen molar-refractivity contribution in [1.29, 1.82) is 0 Å². The van der Waals surface area contributed by atoms with Gasteiger partial charge in [0.1, 0.15) is 0 Å². The Labute approximate surface area is 97.3 Å². The molecule has 4 N–H and O–H groups in total. The van der Waals surface area contributed by atoms with Crippen LogP contribution in [0.3, 0.4) is 0 Å². The molecule has 2 aliphatic rings. The minimum atomic E-state index is 0.00804. The van der Waals surface area contributed by atoms with Crippen LogP contribution in [0, 0.1) is 5.41 Å². The van der Waals surface area contributed by atoms with E-state index in [0.717, 1.165) is 12.8 Å². The minimum Gasteiger partial charge on any atom is -0.396 e. The van der Waals surface area contributed by atoms with Crippen LogP contribution in [0.4, 0.5) is 0 Å². The largest absolute Gasteiger partial charge is 0.396 e. The first-order valence-electron chi connectivity index (χ1n) is 6.41. The van der Waals surface area contributed by atoms with E-state index in [-0.39, 0.29) is 12.0 Å². The highest BCUT2D eigenvalue weighted by Gasteiger charge is 2.31. The molecule has 4 heteroatoms. The Balaban J connectivity index is 1.84. The van der Waals surface area contributed by atoms with Crippen LogP contribution in [0.5, 0.6) is 0 Å². The standard InChI is InChI=1S/C12H23N3O/c13-11(15-10-4-5-10)14-8-12(9-16)6-2-1-3-7-12/h10,16H,1-9H2,(H3,13,14,15). The lowest BCUT2D eigenvalue weighted by Gasteiger charge is -2.34. The topological polar surface area (TPSA) is 70.6 Å². The van der Waals surface area contributed by atoms with Gasteiger partial charge < -0.3 is 16.2 Å². The third-order valence-corrected chi connectivity index (χ3v) is 3.76. The number of rotatable bonds is 4. The summed E-state index contributed by atoms with van der Waals surface area (Å²) in [6, 6.07) is 0.556. The van der Waals surface area contributed by atoms with Crippen LogP contribution >= 0.6 is 0 Å².